The number of carbonyl (C=O) groups excluding carboxylic acids is 1. The molecule has 1 aromatic heterocycles. The summed E-state index contributed by atoms with van der Waals surface area (Å²) in [7, 11) is 0. The van der Waals surface area contributed by atoms with Gasteiger partial charge in [-0.2, -0.15) is 0 Å². The number of rotatable bonds is 2. The molecule has 0 unspecified atom stereocenters. The molecule has 2 rings (SSSR count). The molecule has 0 aliphatic rings. The quantitative estimate of drug-likeness (QED) is 0.772. The van der Waals surface area contributed by atoms with Gasteiger partial charge in [-0.05, 0) is 29.2 Å². The second-order valence-corrected chi connectivity index (χ2v) is 6.07. The van der Waals surface area contributed by atoms with E-state index in [1.165, 1.54) is 10.9 Å². The first-order valence-corrected chi connectivity index (χ1v) is 6.76. The zero-order valence-electron chi connectivity index (χ0n) is 11.8. The molecule has 0 radical (unpaired) electrons. The van der Waals surface area contributed by atoms with E-state index in [0.29, 0.717) is 5.02 Å². The maximum atomic E-state index is 12.6. The Hall–Kier alpha value is -1.87. The summed E-state index contributed by atoms with van der Waals surface area (Å²) < 4.78 is 1.49. The van der Waals surface area contributed by atoms with E-state index >= 15 is 0 Å². The summed E-state index contributed by atoms with van der Waals surface area (Å²) in [6.07, 6.45) is 6.67. The van der Waals surface area contributed by atoms with Crippen LogP contribution < -0.4 is 0 Å². The highest BCUT2D eigenvalue weighted by Crippen LogP contribution is 2.29. The average Bonchev–Trinajstić information content (AvgIpc) is 2.89. The number of hydrogen-bond acceptors (Lipinski definition) is 2. The third-order valence-corrected chi connectivity index (χ3v) is 3.21. The van der Waals surface area contributed by atoms with Crippen LogP contribution in [0.5, 0.6) is 0 Å². The van der Waals surface area contributed by atoms with Crippen LogP contribution >= 0.6 is 11.6 Å². The van der Waals surface area contributed by atoms with Crippen molar-refractivity contribution in [2.75, 3.05) is 0 Å². The van der Waals surface area contributed by atoms with Crippen LogP contribution in [0.3, 0.4) is 0 Å². The van der Waals surface area contributed by atoms with E-state index in [2.05, 4.69) is 4.98 Å². The lowest BCUT2D eigenvalue weighted by Crippen LogP contribution is -2.22. The first kappa shape index (κ1) is 14.5. The van der Waals surface area contributed by atoms with E-state index in [9.17, 15) is 4.79 Å². The van der Waals surface area contributed by atoms with Crippen molar-refractivity contribution in [2.24, 2.45) is 5.41 Å². The van der Waals surface area contributed by atoms with Crippen molar-refractivity contribution in [1.29, 1.82) is 0 Å². The first-order chi connectivity index (χ1) is 9.38. The molecule has 0 amide bonds. The molecule has 4 heteroatoms. The SMILES string of the molecule is CC(C)(C)/C(=C\c1ccc(Cl)cc1)C(=O)n1ccnc1. The molecule has 0 fully saturated rings. The van der Waals surface area contributed by atoms with Gasteiger partial charge in [0.25, 0.3) is 5.91 Å². The summed E-state index contributed by atoms with van der Waals surface area (Å²) in [6, 6.07) is 7.43. The zero-order valence-corrected chi connectivity index (χ0v) is 12.6. The maximum absolute atomic E-state index is 12.6. The monoisotopic (exact) mass is 288 g/mol. The van der Waals surface area contributed by atoms with E-state index in [1.54, 1.807) is 12.4 Å². The van der Waals surface area contributed by atoms with Crippen molar-refractivity contribution in [3.63, 3.8) is 0 Å². The summed E-state index contributed by atoms with van der Waals surface area (Å²) in [5.41, 5.74) is 1.41. The molecule has 2 aromatic rings. The summed E-state index contributed by atoms with van der Waals surface area (Å²) >= 11 is 5.88. The van der Waals surface area contributed by atoms with Gasteiger partial charge in [0, 0.05) is 23.0 Å². The summed E-state index contributed by atoms with van der Waals surface area (Å²) in [6.45, 7) is 6.05. The molecule has 0 aliphatic heterocycles. The molecular formula is C16H17ClN2O. The van der Waals surface area contributed by atoms with Gasteiger partial charge >= 0.3 is 0 Å². The number of benzene rings is 1. The molecule has 0 aliphatic carbocycles. The molecule has 0 bridgehead atoms. The Morgan fingerprint density at radius 2 is 1.90 bits per heavy atom. The molecule has 0 atom stereocenters. The van der Waals surface area contributed by atoms with Gasteiger partial charge in [0.2, 0.25) is 0 Å². The highest BCUT2D eigenvalue weighted by Gasteiger charge is 2.24. The van der Waals surface area contributed by atoms with Crippen molar-refractivity contribution in [3.8, 4) is 0 Å². The van der Waals surface area contributed by atoms with E-state index in [4.69, 9.17) is 11.6 Å². The number of aromatic nitrogens is 2. The Labute approximate surface area is 123 Å². The lowest BCUT2D eigenvalue weighted by molar-refractivity contribution is 0.0935. The van der Waals surface area contributed by atoms with Crippen molar-refractivity contribution >= 4 is 23.6 Å². The minimum absolute atomic E-state index is 0.0649. The smallest absolute Gasteiger partial charge is 0.259 e. The van der Waals surface area contributed by atoms with Gasteiger partial charge in [0.15, 0.2) is 0 Å². The summed E-state index contributed by atoms with van der Waals surface area (Å²) in [5, 5.41) is 0.681. The maximum Gasteiger partial charge on any atom is 0.259 e. The van der Waals surface area contributed by atoms with Gasteiger partial charge < -0.3 is 0 Å². The molecule has 0 N–H and O–H groups in total. The molecular weight excluding hydrogens is 272 g/mol. The molecule has 3 nitrogen and oxygen atoms in total. The van der Waals surface area contributed by atoms with Crippen molar-refractivity contribution in [1.82, 2.24) is 9.55 Å². The Kier molecular flexibility index (Phi) is 4.09. The van der Waals surface area contributed by atoms with Gasteiger partial charge in [-0.25, -0.2) is 4.98 Å². The Morgan fingerprint density at radius 1 is 1.25 bits per heavy atom. The molecule has 1 heterocycles. The number of halogens is 1. The fraction of sp³-hybridized carbons (Fsp3) is 0.250. The topological polar surface area (TPSA) is 34.9 Å². The van der Waals surface area contributed by atoms with Crippen LogP contribution in [0.1, 0.15) is 31.1 Å². The fourth-order valence-corrected chi connectivity index (χ4v) is 1.97. The largest absolute Gasteiger partial charge is 0.273 e. The molecule has 104 valence electrons. The van der Waals surface area contributed by atoms with Crippen LogP contribution in [0.15, 0.2) is 48.6 Å². The van der Waals surface area contributed by atoms with E-state index < -0.39 is 0 Å². The van der Waals surface area contributed by atoms with Crippen LogP contribution in [0.4, 0.5) is 0 Å². The van der Waals surface area contributed by atoms with Gasteiger partial charge in [0.05, 0.1) is 0 Å². The van der Waals surface area contributed by atoms with Crippen LogP contribution in [-0.4, -0.2) is 15.5 Å². The first-order valence-electron chi connectivity index (χ1n) is 6.38. The number of allylic oxidation sites excluding steroid dienone is 1. The number of hydrogen-bond donors (Lipinski definition) is 0. The number of imidazole rings is 1. The molecule has 20 heavy (non-hydrogen) atoms. The second-order valence-electron chi connectivity index (χ2n) is 5.63. The normalized spacial score (nSPS) is 12.5. The summed E-state index contributed by atoms with van der Waals surface area (Å²) in [4.78, 5) is 16.5. The lowest BCUT2D eigenvalue weighted by Gasteiger charge is -2.22. The highest BCUT2D eigenvalue weighted by molar-refractivity contribution is 6.30. The average molecular weight is 289 g/mol. The van der Waals surface area contributed by atoms with Gasteiger partial charge in [-0.15, -0.1) is 0 Å². The minimum atomic E-state index is -0.263. The Morgan fingerprint density at radius 3 is 2.40 bits per heavy atom. The van der Waals surface area contributed by atoms with Gasteiger partial charge in [0.1, 0.15) is 6.33 Å². The summed E-state index contributed by atoms with van der Waals surface area (Å²) in [5.74, 6) is -0.0649. The lowest BCUT2D eigenvalue weighted by atomic mass is 9.84. The molecule has 0 saturated carbocycles. The van der Waals surface area contributed by atoms with Gasteiger partial charge in [-0.3, -0.25) is 9.36 Å². The third-order valence-electron chi connectivity index (χ3n) is 2.96. The Balaban J connectivity index is 2.43. The highest BCUT2D eigenvalue weighted by atomic mass is 35.5. The molecule has 0 saturated heterocycles. The number of carbonyl (C=O) groups is 1. The minimum Gasteiger partial charge on any atom is -0.273 e. The van der Waals surface area contributed by atoms with E-state index in [-0.39, 0.29) is 11.3 Å². The van der Waals surface area contributed by atoms with Gasteiger partial charge in [-0.1, -0.05) is 44.5 Å². The second kappa shape index (κ2) is 5.63. The predicted molar refractivity (Wildman–Crippen MR) is 81.7 cm³/mol. The fourth-order valence-electron chi connectivity index (χ4n) is 1.84. The van der Waals surface area contributed by atoms with Crippen LogP contribution in [-0.2, 0) is 0 Å². The van der Waals surface area contributed by atoms with E-state index in [0.717, 1.165) is 11.1 Å². The predicted octanol–water partition coefficient (Wildman–Crippen LogP) is 4.31. The standard InChI is InChI=1S/C16H17ClN2O/c1-16(2,3)14(15(20)19-9-8-18-11-19)10-12-4-6-13(17)7-5-12/h4-11H,1-3H3/b14-10-. The zero-order chi connectivity index (χ0) is 14.8. The molecule has 1 aromatic carbocycles. The molecule has 0 spiro atoms. The van der Waals surface area contributed by atoms with Crippen LogP contribution in [0.2, 0.25) is 5.02 Å². The Bertz CT molecular complexity index is 619. The van der Waals surface area contributed by atoms with Crippen LogP contribution in [0.25, 0.3) is 6.08 Å². The van der Waals surface area contributed by atoms with Crippen molar-refractivity contribution in [3.05, 3.63) is 59.1 Å². The van der Waals surface area contributed by atoms with Crippen LogP contribution in [0, 0.1) is 5.41 Å². The number of nitrogens with zero attached hydrogens (tertiary/aromatic N) is 2. The van der Waals surface area contributed by atoms with Crippen molar-refractivity contribution < 1.29 is 4.79 Å². The van der Waals surface area contributed by atoms with E-state index in [1.807, 2.05) is 51.1 Å². The third kappa shape index (κ3) is 3.36. The van der Waals surface area contributed by atoms with Crippen molar-refractivity contribution in [2.45, 2.75) is 20.8 Å².